The van der Waals surface area contributed by atoms with Crippen molar-refractivity contribution in [3.63, 3.8) is 0 Å². The summed E-state index contributed by atoms with van der Waals surface area (Å²) in [5, 5.41) is 1.36. The Hall–Kier alpha value is -4.92. The zero-order chi connectivity index (χ0) is 24.7. The number of rotatable bonds is 4. The summed E-state index contributed by atoms with van der Waals surface area (Å²) < 4.78 is 44.0. The topological polar surface area (TPSA) is 118 Å². The number of anilines is 2. The van der Waals surface area contributed by atoms with E-state index in [1.54, 1.807) is 12.1 Å². The number of carbonyl (C=O) groups excluding carboxylic acids is 2. The van der Waals surface area contributed by atoms with Gasteiger partial charge in [0.1, 0.15) is 11.2 Å². The van der Waals surface area contributed by atoms with Gasteiger partial charge in [0, 0.05) is 34.3 Å². The number of furan rings is 1. The number of carbonyl (C=O) groups is 2. The lowest BCUT2D eigenvalue weighted by Crippen LogP contribution is -2.09. The van der Waals surface area contributed by atoms with Crippen molar-refractivity contribution in [1.82, 2.24) is 0 Å². The molecule has 7 nitrogen and oxygen atoms in total. The van der Waals surface area contributed by atoms with Gasteiger partial charge in [0.2, 0.25) is 0 Å². The zero-order valence-electron chi connectivity index (χ0n) is 17.9. The van der Waals surface area contributed by atoms with Crippen LogP contribution < -0.4 is 20.9 Å². The summed E-state index contributed by atoms with van der Waals surface area (Å²) in [7, 11) is 0. The number of nitrogens with two attached hydrogens (primary N) is 2. The number of benzene rings is 4. The molecule has 5 rings (SSSR count). The van der Waals surface area contributed by atoms with Gasteiger partial charge in [-0.25, -0.2) is 18.4 Å². The van der Waals surface area contributed by atoms with Crippen molar-refractivity contribution in [1.29, 1.82) is 0 Å². The van der Waals surface area contributed by atoms with Gasteiger partial charge in [0.05, 0.1) is 11.1 Å². The van der Waals surface area contributed by atoms with Crippen LogP contribution in [0.5, 0.6) is 11.5 Å². The van der Waals surface area contributed by atoms with Crippen LogP contribution in [0, 0.1) is 11.6 Å². The third kappa shape index (κ3) is 4.22. The molecule has 35 heavy (non-hydrogen) atoms. The van der Waals surface area contributed by atoms with Crippen LogP contribution in [0.1, 0.15) is 20.7 Å². The number of esters is 2. The third-order valence-electron chi connectivity index (χ3n) is 5.26. The summed E-state index contributed by atoms with van der Waals surface area (Å²) >= 11 is 0. The smallest absolute Gasteiger partial charge is 0.343 e. The summed E-state index contributed by atoms with van der Waals surface area (Å²) in [6, 6.07) is 16.7. The van der Waals surface area contributed by atoms with Crippen LogP contribution in [-0.4, -0.2) is 11.9 Å². The highest BCUT2D eigenvalue weighted by atomic mass is 19.1. The first-order valence-corrected chi connectivity index (χ1v) is 10.3. The van der Waals surface area contributed by atoms with E-state index in [1.807, 2.05) is 0 Å². The lowest BCUT2D eigenvalue weighted by Gasteiger charge is -2.06. The first-order valence-electron chi connectivity index (χ1n) is 10.3. The fourth-order valence-corrected chi connectivity index (χ4v) is 3.55. The average molecular weight is 474 g/mol. The monoisotopic (exact) mass is 474 g/mol. The third-order valence-corrected chi connectivity index (χ3v) is 5.26. The molecule has 0 aliphatic carbocycles. The van der Waals surface area contributed by atoms with Gasteiger partial charge in [0.25, 0.3) is 0 Å². The van der Waals surface area contributed by atoms with Crippen molar-refractivity contribution in [3.8, 4) is 11.5 Å². The summed E-state index contributed by atoms with van der Waals surface area (Å²) in [6.45, 7) is 0. The molecule has 0 unspecified atom stereocenters. The Morgan fingerprint density at radius 1 is 0.629 bits per heavy atom. The molecular weight excluding hydrogens is 458 g/mol. The predicted octanol–water partition coefficient (Wildman–Crippen LogP) is 5.47. The largest absolute Gasteiger partial charge is 0.456 e. The van der Waals surface area contributed by atoms with Gasteiger partial charge in [-0.2, -0.15) is 0 Å². The highest BCUT2D eigenvalue weighted by Crippen LogP contribution is 2.31. The molecule has 1 aromatic heterocycles. The molecular formula is C26H16F2N2O5. The second kappa shape index (κ2) is 8.45. The van der Waals surface area contributed by atoms with Gasteiger partial charge in [0.15, 0.2) is 23.1 Å². The van der Waals surface area contributed by atoms with E-state index in [4.69, 9.17) is 25.4 Å². The Labute approximate surface area is 196 Å². The average Bonchev–Trinajstić information content (AvgIpc) is 3.19. The van der Waals surface area contributed by atoms with Crippen LogP contribution in [0.3, 0.4) is 0 Å². The highest BCUT2D eigenvalue weighted by Gasteiger charge is 2.18. The summed E-state index contributed by atoms with van der Waals surface area (Å²) in [5.41, 5.74) is 12.4. The van der Waals surface area contributed by atoms with Gasteiger partial charge in [-0.05, 0) is 60.7 Å². The number of hydrogen-bond donors (Lipinski definition) is 2. The molecule has 174 valence electrons. The van der Waals surface area contributed by atoms with E-state index in [-0.39, 0.29) is 34.0 Å². The maximum absolute atomic E-state index is 14.0. The molecule has 5 aromatic rings. The van der Waals surface area contributed by atoms with Gasteiger partial charge >= 0.3 is 11.9 Å². The van der Waals surface area contributed by atoms with E-state index < -0.39 is 23.6 Å². The molecule has 0 aliphatic rings. The Morgan fingerprint density at radius 2 is 1.06 bits per heavy atom. The highest BCUT2D eigenvalue weighted by molar-refractivity contribution is 6.08. The molecule has 4 N–H and O–H groups in total. The molecule has 0 radical (unpaired) electrons. The molecule has 0 saturated carbocycles. The lowest BCUT2D eigenvalue weighted by molar-refractivity contribution is 0.0719. The lowest BCUT2D eigenvalue weighted by atomic mass is 10.1. The van der Waals surface area contributed by atoms with Crippen molar-refractivity contribution in [3.05, 3.63) is 95.6 Å². The molecule has 0 amide bonds. The van der Waals surface area contributed by atoms with Crippen LogP contribution in [0.2, 0.25) is 0 Å². The Morgan fingerprint density at radius 3 is 1.46 bits per heavy atom. The molecule has 1 heterocycles. The van der Waals surface area contributed by atoms with Crippen molar-refractivity contribution < 1.29 is 32.3 Å². The van der Waals surface area contributed by atoms with E-state index >= 15 is 0 Å². The van der Waals surface area contributed by atoms with E-state index in [0.717, 1.165) is 12.1 Å². The standard InChI is InChI=1S/C26H16F2N2O5/c27-19-11-15(29)3-7-21(19)34-25(31)13-1-5-17-18-6-2-14(10-24(18)33-23(17)9-13)26(32)35-22-8-4-16(30)12-20(22)28/h1-12H,29-30H2. The van der Waals surface area contributed by atoms with E-state index in [1.165, 1.54) is 48.5 Å². The Balaban J connectivity index is 1.42. The molecule has 0 bridgehead atoms. The first kappa shape index (κ1) is 21.9. The zero-order valence-corrected chi connectivity index (χ0v) is 17.9. The Bertz CT molecular complexity index is 1520. The summed E-state index contributed by atoms with van der Waals surface area (Å²) in [4.78, 5) is 25.0. The number of ether oxygens (including phenoxy) is 2. The molecule has 0 saturated heterocycles. The first-order chi connectivity index (χ1) is 16.8. The van der Waals surface area contributed by atoms with Crippen LogP contribution in [0.15, 0.2) is 77.2 Å². The van der Waals surface area contributed by atoms with Gasteiger partial charge in [-0.3, -0.25) is 0 Å². The van der Waals surface area contributed by atoms with Crippen molar-refractivity contribution >= 4 is 45.3 Å². The van der Waals surface area contributed by atoms with Crippen molar-refractivity contribution in [2.75, 3.05) is 11.5 Å². The molecule has 0 atom stereocenters. The second-order valence-electron chi connectivity index (χ2n) is 7.68. The number of hydrogen-bond acceptors (Lipinski definition) is 7. The van der Waals surface area contributed by atoms with Gasteiger partial charge < -0.3 is 25.4 Å². The second-order valence-corrected chi connectivity index (χ2v) is 7.68. The molecule has 9 heteroatoms. The minimum atomic E-state index is -0.786. The van der Waals surface area contributed by atoms with Crippen LogP contribution in [-0.2, 0) is 0 Å². The number of nitrogen functional groups attached to an aromatic ring is 2. The minimum absolute atomic E-state index is 0.131. The predicted molar refractivity (Wildman–Crippen MR) is 125 cm³/mol. The van der Waals surface area contributed by atoms with E-state index in [9.17, 15) is 18.4 Å². The minimum Gasteiger partial charge on any atom is -0.456 e. The van der Waals surface area contributed by atoms with Crippen molar-refractivity contribution in [2.24, 2.45) is 0 Å². The summed E-state index contributed by atoms with van der Waals surface area (Å²) in [5.74, 6) is -3.61. The maximum Gasteiger partial charge on any atom is 0.343 e. The summed E-state index contributed by atoms with van der Waals surface area (Å²) in [6.07, 6.45) is 0. The quantitative estimate of drug-likeness (QED) is 0.202. The Kier molecular flexibility index (Phi) is 5.29. The molecule has 4 aromatic carbocycles. The molecule has 0 spiro atoms. The van der Waals surface area contributed by atoms with Crippen LogP contribution >= 0.6 is 0 Å². The molecule has 0 fully saturated rings. The van der Waals surface area contributed by atoms with E-state index in [0.29, 0.717) is 21.9 Å². The number of fused-ring (bicyclic) bond motifs is 3. The van der Waals surface area contributed by atoms with Crippen LogP contribution in [0.25, 0.3) is 21.9 Å². The SMILES string of the molecule is Nc1ccc(OC(=O)c2ccc3c(c2)oc2cc(C(=O)Oc4ccc(N)cc4F)ccc23)c(F)c1. The van der Waals surface area contributed by atoms with Crippen LogP contribution in [0.4, 0.5) is 20.2 Å². The molecule has 0 aliphatic heterocycles. The number of halogens is 2. The van der Waals surface area contributed by atoms with Crippen molar-refractivity contribution in [2.45, 2.75) is 0 Å². The van der Waals surface area contributed by atoms with Gasteiger partial charge in [-0.15, -0.1) is 0 Å². The van der Waals surface area contributed by atoms with Gasteiger partial charge in [-0.1, -0.05) is 0 Å². The fourth-order valence-electron chi connectivity index (χ4n) is 3.55. The fraction of sp³-hybridized carbons (Fsp3) is 0. The normalized spacial score (nSPS) is 11.0. The maximum atomic E-state index is 14.0. The van der Waals surface area contributed by atoms with E-state index in [2.05, 4.69) is 0 Å².